The third-order valence-corrected chi connectivity index (χ3v) is 3.93. The molecule has 0 aliphatic carbocycles. The average molecular weight is 288 g/mol. The number of hydrogen-bond donors (Lipinski definition) is 2. The number of carbonyl (C=O) groups is 2. The zero-order chi connectivity index (χ0) is 14.8. The van der Waals surface area contributed by atoms with Gasteiger partial charge in [-0.3, -0.25) is 9.59 Å². The molecule has 3 rings (SSSR count). The minimum atomic E-state index is -0.767. The number of hydrogen-bond acceptors (Lipinski definition) is 4. The van der Waals surface area contributed by atoms with Crippen molar-refractivity contribution in [3.05, 3.63) is 23.8 Å². The van der Waals surface area contributed by atoms with Crippen molar-refractivity contribution >= 4 is 22.9 Å². The van der Waals surface area contributed by atoms with Crippen molar-refractivity contribution in [3.63, 3.8) is 0 Å². The van der Waals surface area contributed by atoms with Crippen LogP contribution in [0.4, 0.5) is 0 Å². The SMILES string of the molecule is O=C(O)CC1CCN(C(=O)c2ccc3n[nH]nc3c2)CC1. The molecule has 110 valence electrons. The van der Waals surface area contributed by atoms with Gasteiger partial charge in [0.1, 0.15) is 11.0 Å². The van der Waals surface area contributed by atoms with Crippen LogP contribution >= 0.6 is 0 Å². The number of fused-ring (bicyclic) bond motifs is 1. The summed E-state index contributed by atoms with van der Waals surface area (Å²) in [5.41, 5.74) is 1.99. The second-order valence-electron chi connectivity index (χ2n) is 5.36. The van der Waals surface area contributed by atoms with E-state index >= 15 is 0 Å². The zero-order valence-electron chi connectivity index (χ0n) is 11.5. The summed E-state index contributed by atoms with van der Waals surface area (Å²) in [5.74, 6) is -0.630. The molecule has 1 fully saturated rings. The lowest BCUT2D eigenvalue weighted by atomic mass is 9.93. The van der Waals surface area contributed by atoms with E-state index in [2.05, 4.69) is 15.4 Å². The second kappa shape index (κ2) is 5.51. The molecule has 1 aromatic heterocycles. The Morgan fingerprint density at radius 2 is 1.95 bits per heavy atom. The third kappa shape index (κ3) is 2.86. The third-order valence-electron chi connectivity index (χ3n) is 3.93. The van der Waals surface area contributed by atoms with E-state index in [9.17, 15) is 9.59 Å². The first-order valence-corrected chi connectivity index (χ1v) is 6.95. The van der Waals surface area contributed by atoms with Crippen LogP contribution in [0.2, 0.25) is 0 Å². The fourth-order valence-corrected chi connectivity index (χ4v) is 2.74. The lowest BCUT2D eigenvalue weighted by Gasteiger charge is -2.31. The Labute approximate surface area is 120 Å². The van der Waals surface area contributed by atoms with E-state index in [1.54, 1.807) is 23.1 Å². The van der Waals surface area contributed by atoms with Crippen LogP contribution in [0, 0.1) is 5.92 Å². The molecule has 0 radical (unpaired) electrons. The number of amides is 1. The van der Waals surface area contributed by atoms with Gasteiger partial charge in [0.25, 0.3) is 5.91 Å². The van der Waals surface area contributed by atoms with Crippen LogP contribution < -0.4 is 0 Å². The van der Waals surface area contributed by atoms with E-state index < -0.39 is 5.97 Å². The van der Waals surface area contributed by atoms with Crippen molar-refractivity contribution in [2.75, 3.05) is 13.1 Å². The summed E-state index contributed by atoms with van der Waals surface area (Å²) in [6, 6.07) is 5.24. The standard InChI is InChI=1S/C14H16N4O3/c19-13(20)7-9-3-5-18(6-4-9)14(21)10-1-2-11-12(8-10)16-17-15-11/h1-2,8-9H,3-7H2,(H,19,20)(H,15,16,17). The molecule has 7 heteroatoms. The van der Waals surface area contributed by atoms with Crippen molar-refractivity contribution in [1.29, 1.82) is 0 Å². The zero-order valence-corrected chi connectivity index (χ0v) is 11.5. The number of piperidine rings is 1. The monoisotopic (exact) mass is 288 g/mol. The van der Waals surface area contributed by atoms with Gasteiger partial charge in [-0.25, -0.2) is 0 Å². The number of nitrogens with one attached hydrogen (secondary N) is 1. The topological polar surface area (TPSA) is 99.2 Å². The Morgan fingerprint density at radius 3 is 2.67 bits per heavy atom. The molecule has 1 amide bonds. The Bertz CT molecular complexity index is 674. The fraction of sp³-hybridized carbons (Fsp3) is 0.429. The minimum absolute atomic E-state index is 0.0336. The predicted octanol–water partition coefficient (Wildman–Crippen LogP) is 1.28. The first kappa shape index (κ1) is 13.5. The molecule has 0 saturated carbocycles. The number of carboxylic acid groups (broad SMARTS) is 1. The molecule has 1 aromatic carbocycles. The van der Waals surface area contributed by atoms with Crippen LogP contribution in [0.1, 0.15) is 29.6 Å². The highest BCUT2D eigenvalue weighted by atomic mass is 16.4. The molecule has 0 bridgehead atoms. The van der Waals surface area contributed by atoms with E-state index in [-0.39, 0.29) is 18.2 Å². The molecule has 1 aliphatic heterocycles. The Kier molecular flexibility index (Phi) is 3.55. The van der Waals surface area contributed by atoms with Crippen LogP contribution in [0.3, 0.4) is 0 Å². The number of rotatable bonds is 3. The van der Waals surface area contributed by atoms with Gasteiger partial charge in [-0.2, -0.15) is 15.4 Å². The Balaban J connectivity index is 1.67. The molecule has 0 spiro atoms. The van der Waals surface area contributed by atoms with Crippen LogP contribution in [0.5, 0.6) is 0 Å². The maximum absolute atomic E-state index is 12.4. The number of aromatic nitrogens is 3. The first-order valence-electron chi connectivity index (χ1n) is 6.95. The van der Waals surface area contributed by atoms with Crippen molar-refractivity contribution < 1.29 is 14.7 Å². The van der Waals surface area contributed by atoms with Crippen LogP contribution in [-0.4, -0.2) is 50.4 Å². The van der Waals surface area contributed by atoms with Crippen LogP contribution in [0.15, 0.2) is 18.2 Å². The van der Waals surface area contributed by atoms with Gasteiger partial charge in [0.2, 0.25) is 0 Å². The molecule has 1 saturated heterocycles. The largest absolute Gasteiger partial charge is 0.481 e. The highest BCUT2D eigenvalue weighted by molar-refractivity contribution is 5.97. The summed E-state index contributed by atoms with van der Waals surface area (Å²) in [5, 5.41) is 19.3. The van der Waals surface area contributed by atoms with E-state index in [0.717, 1.165) is 18.4 Å². The molecule has 7 nitrogen and oxygen atoms in total. The van der Waals surface area contributed by atoms with Gasteiger partial charge >= 0.3 is 5.97 Å². The summed E-state index contributed by atoms with van der Waals surface area (Å²) in [6.45, 7) is 1.21. The highest BCUT2D eigenvalue weighted by Gasteiger charge is 2.25. The number of H-pyrrole nitrogens is 1. The fourth-order valence-electron chi connectivity index (χ4n) is 2.74. The molecule has 0 unspecified atom stereocenters. The summed E-state index contributed by atoms with van der Waals surface area (Å²) in [7, 11) is 0. The molecule has 1 aliphatic rings. The molecule has 2 heterocycles. The van der Waals surface area contributed by atoms with Crippen LogP contribution in [0.25, 0.3) is 11.0 Å². The van der Waals surface area contributed by atoms with E-state index in [1.807, 2.05) is 0 Å². The molecule has 21 heavy (non-hydrogen) atoms. The second-order valence-corrected chi connectivity index (χ2v) is 5.36. The molecular formula is C14H16N4O3. The summed E-state index contributed by atoms with van der Waals surface area (Å²) in [6.07, 6.45) is 1.67. The lowest BCUT2D eigenvalue weighted by Crippen LogP contribution is -2.38. The van der Waals surface area contributed by atoms with Gasteiger partial charge in [0, 0.05) is 25.1 Å². The van der Waals surface area contributed by atoms with Crippen molar-refractivity contribution in [2.45, 2.75) is 19.3 Å². The minimum Gasteiger partial charge on any atom is -0.481 e. The van der Waals surface area contributed by atoms with E-state index in [0.29, 0.717) is 24.2 Å². The van der Waals surface area contributed by atoms with Gasteiger partial charge in [0.15, 0.2) is 0 Å². The van der Waals surface area contributed by atoms with E-state index in [4.69, 9.17) is 5.11 Å². The lowest BCUT2D eigenvalue weighted by molar-refractivity contribution is -0.138. The summed E-state index contributed by atoms with van der Waals surface area (Å²) < 4.78 is 0. The van der Waals surface area contributed by atoms with E-state index in [1.165, 1.54) is 0 Å². The van der Waals surface area contributed by atoms with Crippen molar-refractivity contribution in [2.24, 2.45) is 5.92 Å². The highest BCUT2D eigenvalue weighted by Crippen LogP contribution is 2.22. The number of nitrogens with zero attached hydrogens (tertiary/aromatic N) is 3. The molecular weight excluding hydrogens is 272 g/mol. The number of carboxylic acids is 1. The summed E-state index contributed by atoms with van der Waals surface area (Å²) >= 11 is 0. The van der Waals surface area contributed by atoms with Gasteiger partial charge in [-0.05, 0) is 37.0 Å². The number of benzene rings is 1. The van der Waals surface area contributed by atoms with Gasteiger partial charge < -0.3 is 10.0 Å². The normalized spacial score (nSPS) is 16.3. The predicted molar refractivity (Wildman–Crippen MR) is 74.8 cm³/mol. The average Bonchev–Trinajstić information content (AvgIpc) is 2.94. The maximum Gasteiger partial charge on any atom is 0.303 e. The number of aliphatic carboxylic acids is 1. The number of likely N-dealkylation sites (tertiary alicyclic amines) is 1. The smallest absolute Gasteiger partial charge is 0.303 e. The quantitative estimate of drug-likeness (QED) is 0.886. The maximum atomic E-state index is 12.4. The van der Waals surface area contributed by atoms with Gasteiger partial charge in [0.05, 0.1) is 0 Å². The van der Waals surface area contributed by atoms with Crippen molar-refractivity contribution in [1.82, 2.24) is 20.3 Å². The van der Waals surface area contributed by atoms with Crippen molar-refractivity contribution in [3.8, 4) is 0 Å². The molecule has 2 aromatic rings. The molecule has 2 N–H and O–H groups in total. The molecule has 0 atom stereocenters. The van der Waals surface area contributed by atoms with Gasteiger partial charge in [-0.15, -0.1) is 0 Å². The number of aromatic amines is 1. The van der Waals surface area contributed by atoms with Crippen LogP contribution in [-0.2, 0) is 4.79 Å². The Hall–Kier alpha value is -2.44. The summed E-state index contributed by atoms with van der Waals surface area (Å²) in [4.78, 5) is 24.9. The van der Waals surface area contributed by atoms with Gasteiger partial charge in [-0.1, -0.05) is 0 Å². The first-order chi connectivity index (χ1) is 10.1. The Morgan fingerprint density at radius 1 is 1.24 bits per heavy atom. The number of carbonyl (C=O) groups excluding carboxylic acids is 1.